The first-order chi connectivity index (χ1) is 9.53. The number of hydrogen-bond acceptors (Lipinski definition) is 5. The SMILES string of the molecule is CNc1cc(Oc2cc(Cl)c(Br)cc2Cl)nc(SC)n1. The van der Waals surface area contributed by atoms with E-state index in [4.69, 9.17) is 27.9 Å². The van der Waals surface area contributed by atoms with Crippen LogP contribution in [-0.2, 0) is 0 Å². The van der Waals surface area contributed by atoms with Crippen LogP contribution in [0.15, 0.2) is 27.8 Å². The van der Waals surface area contributed by atoms with E-state index in [0.29, 0.717) is 37.1 Å². The van der Waals surface area contributed by atoms with Crippen molar-refractivity contribution in [1.29, 1.82) is 0 Å². The molecule has 0 amide bonds. The van der Waals surface area contributed by atoms with Gasteiger partial charge in [0.1, 0.15) is 11.6 Å². The lowest BCUT2D eigenvalue weighted by atomic mass is 10.3. The average molecular weight is 395 g/mol. The molecule has 1 N–H and O–H groups in total. The van der Waals surface area contributed by atoms with Crippen LogP contribution >= 0.6 is 50.9 Å². The van der Waals surface area contributed by atoms with Gasteiger partial charge in [0.05, 0.1) is 10.0 Å². The number of anilines is 1. The molecule has 0 fully saturated rings. The van der Waals surface area contributed by atoms with Crippen LogP contribution in [0.25, 0.3) is 0 Å². The molecule has 0 unspecified atom stereocenters. The maximum Gasteiger partial charge on any atom is 0.225 e. The minimum Gasteiger partial charge on any atom is -0.437 e. The molecule has 4 nitrogen and oxygen atoms in total. The molecule has 1 aromatic heterocycles. The number of benzene rings is 1. The molecule has 0 saturated carbocycles. The Labute approximate surface area is 139 Å². The molecule has 0 aliphatic carbocycles. The Morgan fingerprint density at radius 2 is 1.95 bits per heavy atom. The Bertz CT molecular complexity index is 620. The van der Waals surface area contributed by atoms with Gasteiger partial charge in [-0.1, -0.05) is 35.0 Å². The number of aromatic nitrogens is 2. The summed E-state index contributed by atoms with van der Waals surface area (Å²) in [7, 11) is 1.78. The highest BCUT2D eigenvalue weighted by atomic mass is 79.9. The van der Waals surface area contributed by atoms with E-state index in [9.17, 15) is 0 Å². The molecule has 0 bridgehead atoms. The fourth-order valence-electron chi connectivity index (χ4n) is 1.37. The Morgan fingerprint density at radius 3 is 2.60 bits per heavy atom. The van der Waals surface area contributed by atoms with Crippen LogP contribution in [-0.4, -0.2) is 23.3 Å². The van der Waals surface area contributed by atoms with Crippen molar-refractivity contribution in [3.63, 3.8) is 0 Å². The zero-order chi connectivity index (χ0) is 14.7. The van der Waals surface area contributed by atoms with Crippen molar-refractivity contribution in [3.05, 3.63) is 32.7 Å². The summed E-state index contributed by atoms with van der Waals surface area (Å²) in [6, 6.07) is 4.99. The second-order valence-electron chi connectivity index (χ2n) is 3.63. The van der Waals surface area contributed by atoms with Gasteiger partial charge < -0.3 is 10.1 Å². The van der Waals surface area contributed by atoms with E-state index in [1.165, 1.54) is 11.8 Å². The van der Waals surface area contributed by atoms with Gasteiger partial charge in [0.2, 0.25) is 5.88 Å². The van der Waals surface area contributed by atoms with Gasteiger partial charge in [-0.15, -0.1) is 0 Å². The molecule has 0 radical (unpaired) electrons. The van der Waals surface area contributed by atoms with Crippen molar-refractivity contribution in [1.82, 2.24) is 9.97 Å². The summed E-state index contributed by atoms with van der Waals surface area (Å²) in [6.07, 6.45) is 1.89. The van der Waals surface area contributed by atoms with E-state index in [-0.39, 0.29) is 0 Å². The summed E-state index contributed by atoms with van der Waals surface area (Å²) in [5.74, 6) is 1.50. The largest absolute Gasteiger partial charge is 0.437 e. The molecule has 0 saturated heterocycles. The van der Waals surface area contributed by atoms with Gasteiger partial charge in [-0.3, -0.25) is 0 Å². The molecule has 1 heterocycles. The van der Waals surface area contributed by atoms with Gasteiger partial charge in [-0.05, 0) is 28.3 Å². The minimum absolute atomic E-state index is 0.397. The third-order valence-corrected chi connectivity index (χ3v) is 4.35. The summed E-state index contributed by atoms with van der Waals surface area (Å²) in [6.45, 7) is 0. The van der Waals surface area contributed by atoms with E-state index in [1.54, 1.807) is 25.2 Å². The number of halogens is 3. The van der Waals surface area contributed by atoms with Crippen LogP contribution in [0.5, 0.6) is 11.6 Å². The minimum atomic E-state index is 0.397. The first kappa shape index (κ1) is 15.7. The number of hydrogen-bond donors (Lipinski definition) is 1. The van der Waals surface area contributed by atoms with E-state index < -0.39 is 0 Å². The zero-order valence-corrected chi connectivity index (χ0v) is 14.5. The molecule has 2 aromatic rings. The molecule has 0 aliphatic rings. The molecule has 0 aliphatic heterocycles. The van der Waals surface area contributed by atoms with Crippen molar-refractivity contribution in [2.24, 2.45) is 0 Å². The standard InChI is InChI=1S/C12H10BrCl2N3OS/c1-16-10-5-11(18-12(17-10)20-2)19-9-4-7(14)6(13)3-8(9)15/h3-5H,1-2H3,(H,16,17,18). The fourth-order valence-corrected chi connectivity index (χ4v) is 2.57. The van der Waals surface area contributed by atoms with Gasteiger partial charge in [0, 0.05) is 23.7 Å². The average Bonchev–Trinajstić information content (AvgIpc) is 2.44. The van der Waals surface area contributed by atoms with Crippen LogP contribution in [0.3, 0.4) is 0 Å². The number of nitrogens with zero attached hydrogens (tertiary/aromatic N) is 2. The highest BCUT2D eigenvalue weighted by molar-refractivity contribution is 9.10. The van der Waals surface area contributed by atoms with Gasteiger partial charge in [0.15, 0.2) is 5.16 Å². The molecular formula is C12H10BrCl2N3OS. The van der Waals surface area contributed by atoms with Crippen molar-refractivity contribution in [2.75, 3.05) is 18.6 Å². The third kappa shape index (κ3) is 3.69. The summed E-state index contributed by atoms with van der Waals surface area (Å²) >= 11 is 16.9. The summed E-state index contributed by atoms with van der Waals surface area (Å²) in [4.78, 5) is 8.52. The highest BCUT2D eigenvalue weighted by Gasteiger charge is 2.10. The molecule has 2 rings (SSSR count). The maximum absolute atomic E-state index is 6.12. The number of ether oxygens (including phenoxy) is 1. The molecule has 0 atom stereocenters. The van der Waals surface area contributed by atoms with E-state index >= 15 is 0 Å². The molecule has 1 aromatic carbocycles. The lowest BCUT2D eigenvalue weighted by Crippen LogP contribution is -1.98. The van der Waals surface area contributed by atoms with Gasteiger partial charge in [-0.25, -0.2) is 4.98 Å². The van der Waals surface area contributed by atoms with Gasteiger partial charge in [0.25, 0.3) is 0 Å². The Hall–Kier alpha value is -0.690. The molecular weight excluding hydrogens is 385 g/mol. The van der Waals surface area contributed by atoms with E-state index in [0.717, 1.165) is 0 Å². The lowest BCUT2D eigenvalue weighted by molar-refractivity contribution is 0.456. The molecule has 0 spiro atoms. The van der Waals surface area contributed by atoms with Crippen molar-refractivity contribution >= 4 is 56.7 Å². The summed E-state index contributed by atoms with van der Waals surface area (Å²) < 4.78 is 6.40. The first-order valence-electron chi connectivity index (χ1n) is 5.46. The predicted octanol–water partition coefficient (Wildman–Crippen LogP) is 5.10. The second-order valence-corrected chi connectivity index (χ2v) is 6.07. The monoisotopic (exact) mass is 393 g/mol. The van der Waals surface area contributed by atoms with Crippen molar-refractivity contribution < 1.29 is 4.74 Å². The highest BCUT2D eigenvalue weighted by Crippen LogP contribution is 2.36. The van der Waals surface area contributed by atoms with Crippen molar-refractivity contribution in [2.45, 2.75) is 5.16 Å². The van der Waals surface area contributed by atoms with Gasteiger partial charge >= 0.3 is 0 Å². The van der Waals surface area contributed by atoms with E-state index in [2.05, 4.69) is 31.2 Å². The summed E-state index contributed by atoms with van der Waals surface area (Å²) in [5.41, 5.74) is 0. The first-order valence-corrected chi connectivity index (χ1v) is 8.24. The maximum atomic E-state index is 6.12. The fraction of sp³-hybridized carbons (Fsp3) is 0.167. The number of thioether (sulfide) groups is 1. The van der Waals surface area contributed by atoms with Crippen LogP contribution in [0, 0.1) is 0 Å². The van der Waals surface area contributed by atoms with Crippen molar-refractivity contribution in [3.8, 4) is 11.6 Å². The van der Waals surface area contributed by atoms with Gasteiger partial charge in [-0.2, -0.15) is 4.98 Å². The smallest absolute Gasteiger partial charge is 0.225 e. The van der Waals surface area contributed by atoms with E-state index in [1.807, 2.05) is 6.26 Å². The van der Waals surface area contributed by atoms with Crippen LogP contribution in [0.1, 0.15) is 0 Å². The predicted molar refractivity (Wildman–Crippen MR) is 87.6 cm³/mol. The Morgan fingerprint density at radius 1 is 1.20 bits per heavy atom. The Kier molecular flexibility index (Phi) is 5.37. The van der Waals surface area contributed by atoms with Crippen LogP contribution < -0.4 is 10.1 Å². The molecule has 20 heavy (non-hydrogen) atoms. The second kappa shape index (κ2) is 6.85. The summed E-state index contributed by atoms with van der Waals surface area (Å²) in [5, 5.41) is 4.51. The third-order valence-electron chi connectivity index (χ3n) is 2.31. The number of nitrogens with one attached hydrogen (secondary N) is 1. The zero-order valence-electron chi connectivity index (χ0n) is 10.6. The van der Waals surface area contributed by atoms with Crippen LogP contribution in [0.2, 0.25) is 10.0 Å². The number of rotatable bonds is 4. The Balaban J connectivity index is 2.36. The van der Waals surface area contributed by atoms with Crippen LogP contribution in [0.4, 0.5) is 5.82 Å². The lowest BCUT2D eigenvalue weighted by Gasteiger charge is -2.10. The molecule has 106 valence electrons. The normalized spacial score (nSPS) is 10.4. The topological polar surface area (TPSA) is 47.0 Å². The molecule has 8 heteroatoms. The quantitative estimate of drug-likeness (QED) is 0.444.